The predicted molar refractivity (Wildman–Crippen MR) is 147 cm³/mol. The third-order valence-corrected chi connectivity index (χ3v) is 9.34. The van der Waals surface area contributed by atoms with Crippen LogP contribution in [0.2, 0.25) is 0 Å². The van der Waals surface area contributed by atoms with Crippen molar-refractivity contribution in [3.05, 3.63) is 70.6 Å². The summed E-state index contributed by atoms with van der Waals surface area (Å²) in [6, 6.07) is 10.7. The highest BCUT2D eigenvalue weighted by Gasteiger charge is 2.48. The maximum atomic E-state index is 13.9. The van der Waals surface area contributed by atoms with Gasteiger partial charge in [0.2, 0.25) is 0 Å². The Morgan fingerprint density at radius 1 is 1.08 bits per heavy atom. The van der Waals surface area contributed by atoms with Crippen molar-refractivity contribution in [3.63, 3.8) is 0 Å². The van der Waals surface area contributed by atoms with Crippen LogP contribution in [0.1, 0.15) is 97.0 Å². The Hall–Kier alpha value is -3.06. The predicted octanol–water partition coefficient (Wildman–Crippen LogP) is 5.20. The lowest BCUT2D eigenvalue weighted by Gasteiger charge is -2.46. The van der Waals surface area contributed by atoms with E-state index >= 15 is 0 Å². The number of carbonyl (C=O) groups excluding carboxylic acids is 1. The molecule has 0 bridgehead atoms. The smallest absolute Gasteiger partial charge is 0.259 e. The zero-order chi connectivity index (χ0) is 26.0. The first kappa shape index (κ1) is 24.0. The second-order valence-corrected chi connectivity index (χ2v) is 12.6. The van der Waals surface area contributed by atoms with Crippen LogP contribution in [0.15, 0.2) is 36.7 Å². The number of rotatable bonds is 6. The number of pyridine rings is 1. The summed E-state index contributed by atoms with van der Waals surface area (Å²) < 4.78 is 2.05. The second kappa shape index (κ2) is 9.01. The number of carbonyl (C=O) groups is 1. The normalized spacial score (nSPS) is 27.4. The van der Waals surface area contributed by atoms with E-state index in [0.29, 0.717) is 18.4 Å². The standard InChI is InChI=1S/C31H38N6O/c1-20-6-5-11-36(16-20)17-24-13-26-27(28(33-24)22-9-10-22)18-37(29(26)38)25-8-4-7-23(12-25)31(14-21(2)15-31)30-34-32-19-35(30)3/h4,7-8,12-13,19-22H,5-6,9-11,14-18H2,1-3H3/t20-,21?,31?/m0/s1. The first-order valence-corrected chi connectivity index (χ1v) is 14.4. The lowest BCUT2D eigenvalue weighted by molar-refractivity contribution is 0.0996. The van der Waals surface area contributed by atoms with Gasteiger partial charge in [0.25, 0.3) is 5.91 Å². The van der Waals surface area contributed by atoms with Crippen molar-refractivity contribution in [3.8, 4) is 0 Å². The number of hydrogen-bond acceptors (Lipinski definition) is 5. The Kier molecular flexibility index (Phi) is 5.69. The summed E-state index contributed by atoms with van der Waals surface area (Å²) >= 11 is 0. The molecule has 0 radical (unpaired) electrons. The monoisotopic (exact) mass is 510 g/mol. The Morgan fingerprint density at radius 3 is 2.63 bits per heavy atom. The fourth-order valence-electron chi connectivity index (χ4n) is 7.39. The molecule has 1 atom stereocenters. The Morgan fingerprint density at radius 2 is 1.92 bits per heavy atom. The molecule has 2 aromatic heterocycles. The number of aromatic nitrogens is 4. The molecule has 2 saturated carbocycles. The van der Waals surface area contributed by atoms with E-state index in [0.717, 1.165) is 66.7 Å². The molecule has 7 nitrogen and oxygen atoms in total. The van der Waals surface area contributed by atoms with Crippen molar-refractivity contribution in [1.29, 1.82) is 0 Å². The first-order valence-electron chi connectivity index (χ1n) is 14.4. The molecular formula is C31H38N6O. The fourth-order valence-corrected chi connectivity index (χ4v) is 7.39. The van der Waals surface area contributed by atoms with Crippen molar-refractivity contribution in [2.75, 3.05) is 18.0 Å². The van der Waals surface area contributed by atoms with Crippen molar-refractivity contribution in [2.45, 2.75) is 76.8 Å². The van der Waals surface area contributed by atoms with Gasteiger partial charge in [-0.2, -0.15) is 0 Å². The highest BCUT2D eigenvalue weighted by molar-refractivity contribution is 6.10. The molecule has 0 N–H and O–H groups in total. The van der Waals surface area contributed by atoms with Gasteiger partial charge in [-0.3, -0.25) is 14.7 Å². The van der Waals surface area contributed by atoms with Crippen LogP contribution in [0.5, 0.6) is 0 Å². The van der Waals surface area contributed by atoms with E-state index in [-0.39, 0.29) is 11.3 Å². The van der Waals surface area contributed by atoms with E-state index in [9.17, 15) is 4.79 Å². The van der Waals surface area contributed by atoms with E-state index < -0.39 is 0 Å². The zero-order valence-corrected chi connectivity index (χ0v) is 22.9. The number of likely N-dealkylation sites (tertiary alicyclic amines) is 1. The maximum absolute atomic E-state index is 13.9. The molecule has 0 unspecified atom stereocenters. The largest absolute Gasteiger partial charge is 0.320 e. The summed E-state index contributed by atoms with van der Waals surface area (Å²) in [4.78, 5) is 23.6. The van der Waals surface area contributed by atoms with E-state index in [1.807, 2.05) is 16.5 Å². The molecule has 1 saturated heterocycles. The van der Waals surface area contributed by atoms with Crippen molar-refractivity contribution in [2.24, 2.45) is 18.9 Å². The van der Waals surface area contributed by atoms with Crippen LogP contribution in [0.25, 0.3) is 0 Å². The first-order chi connectivity index (χ1) is 18.4. The van der Waals surface area contributed by atoms with Crippen LogP contribution in [-0.4, -0.2) is 43.6 Å². The summed E-state index contributed by atoms with van der Waals surface area (Å²) in [5.74, 6) is 3.01. The minimum Gasteiger partial charge on any atom is -0.320 e. The van der Waals surface area contributed by atoms with Gasteiger partial charge < -0.3 is 9.47 Å². The Balaban J connectivity index is 1.21. The number of amides is 1. The third-order valence-electron chi connectivity index (χ3n) is 9.34. The van der Waals surface area contributed by atoms with Gasteiger partial charge >= 0.3 is 0 Å². The average Bonchev–Trinajstić information content (AvgIpc) is 3.57. The minimum absolute atomic E-state index is 0.115. The van der Waals surface area contributed by atoms with Gasteiger partial charge in [0.1, 0.15) is 12.2 Å². The molecule has 2 aliphatic carbocycles. The highest BCUT2D eigenvalue weighted by Crippen LogP contribution is 2.52. The molecule has 38 heavy (non-hydrogen) atoms. The molecule has 7 heteroatoms. The van der Waals surface area contributed by atoms with Crippen molar-refractivity contribution in [1.82, 2.24) is 24.6 Å². The fraction of sp³-hybridized carbons (Fsp3) is 0.548. The summed E-state index contributed by atoms with van der Waals surface area (Å²) in [6.45, 7) is 8.35. The molecule has 3 aromatic rings. The molecule has 4 heterocycles. The molecule has 2 aliphatic heterocycles. The van der Waals surface area contributed by atoms with Gasteiger partial charge in [-0.25, -0.2) is 0 Å². The summed E-state index contributed by atoms with van der Waals surface area (Å²) in [7, 11) is 2.03. The van der Waals surface area contributed by atoms with E-state index in [2.05, 4.69) is 59.3 Å². The van der Waals surface area contributed by atoms with E-state index in [1.165, 1.54) is 36.9 Å². The number of piperidine rings is 1. The average molecular weight is 511 g/mol. The Labute approximate surface area is 225 Å². The second-order valence-electron chi connectivity index (χ2n) is 12.6. The summed E-state index contributed by atoms with van der Waals surface area (Å²) in [5, 5.41) is 8.70. The van der Waals surface area contributed by atoms with Crippen LogP contribution in [0, 0.1) is 11.8 Å². The maximum Gasteiger partial charge on any atom is 0.259 e. The molecule has 1 amide bonds. The SMILES string of the molecule is CC1CC(c2cccc(N3Cc4c(cc(CN5CCC[C@H](C)C5)nc4C4CC4)C3=O)c2)(c2nncn2C)C1. The molecular weight excluding hydrogens is 472 g/mol. The summed E-state index contributed by atoms with van der Waals surface area (Å²) in [6.07, 6.45) is 8.82. The highest BCUT2D eigenvalue weighted by atomic mass is 16.2. The number of benzene rings is 1. The number of anilines is 1. The Bertz CT molecular complexity index is 1380. The van der Waals surface area contributed by atoms with Crippen LogP contribution >= 0.6 is 0 Å². The quantitative estimate of drug-likeness (QED) is 0.456. The zero-order valence-electron chi connectivity index (χ0n) is 22.9. The van der Waals surface area contributed by atoms with Crippen molar-refractivity contribution < 1.29 is 4.79 Å². The molecule has 1 aromatic carbocycles. The number of hydrogen-bond donors (Lipinski definition) is 0. The van der Waals surface area contributed by atoms with Crippen LogP contribution < -0.4 is 4.90 Å². The van der Waals surface area contributed by atoms with E-state index in [1.54, 1.807) is 6.33 Å². The molecule has 7 rings (SSSR count). The molecule has 198 valence electrons. The van der Waals surface area contributed by atoms with E-state index in [4.69, 9.17) is 4.98 Å². The van der Waals surface area contributed by atoms with Crippen LogP contribution in [0.4, 0.5) is 5.69 Å². The van der Waals surface area contributed by atoms with Gasteiger partial charge in [-0.1, -0.05) is 26.0 Å². The van der Waals surface area contributed by atoms with Crippen LogP contribution in [-0.2, 0) is 25.6 Å². The van der Waals surface area contributed by atoms with Gasteiger partial charge in [-0.15, -0.1) is 10.2 Å². The molecule has 3 fully saturated rings. The van der Waals surface area contributed by atoms with Crippen molar-refractivity contribution >= 4 is 11.6 Å². The minimum atomic E-state index is -0.143. The number of aryl methyl sites for hydroxylation is 1. The lowest BCUT2D eigenvalue weighted by atomic mass is 9.58. The van der Waals surface area contributed by atoms with Gasteiger partial charge in [0.15, 0.2) is 0 Å². The molecule has 4 aliphatic rings. The van der Waals surface area contributed by atoms with Crippen LogP contribution in [0.3, 0.4) is 0 Å². The van der Waals surface area contributed by atoms with Gasteiger partial charge in [-0.05, 0) is 80.7 Å². The molecule has 0 spiro atoms. The van der Waals surface area contributed by atoms with Gasteiger partial charge in [0, 0.05) is 48.6 Å². The van der Waals surface area contributed by atoms with Gasteiger partial charge in [0.05, 0.1) is 17.7 Å². The lowest BCUT2D eigenvalue weighted by Crippen LogP contribution is -2.43. The summed E-state index contributed by atoms with van der Waals surface area (Å²) in [5.41, 5.74) is 6.32. The topological polar surface area (TPSA) is 67.2 Å². The third kappa shape index (κ3) is 3.98. The number of fused-ring (bicyclic) bond motifs is 1. The number of nitrogens with zero attached hydrogens (tertiary/aromatic N) is 6.